The van der Waals surface area contributed by atoms with Crippen molar-refractivity contribution in [3.05, 3.63) is 40.5 Å². The molecule has 0 radical (unpaired) electrons. The zero-order valence-corrected chi connectivity index (χ0v) is 11.4. The molecule has 0 fully saturated rings. The van der Waals surface area contributed by atoms with Gasteiger partial charge in [0.2, 0.25) is 5.95 Å². The Kier molecular flexibility index (Phi) is 3.52. The minimum Gasteiger partial charge on any atom is -0.263 e. The summed E-state index contributed by atoms with van der Waals surface area (Å²) in [6.07, 6.45) is 5.80. The summed E-state index contributed by atoms with van der Waals surface area (Å²) in [5.74, 6) is 0.0364. The van der Waals surface area contributed by atoms with E-state index in [-0.39, 0.29) is 10.8 Å². The Morgan fingerprint density at radius 1 is 1.18 bits per heavy atom. The minimum absolute atomic E-state index is 0.0364. The number of aromatic nitrogens is 3. The lowest BCUT2D eigenvalue weighted by molar-refractivity contribution is 0.600. The van der Waals surface area contributed by atoms with E-state index < -0.39 is 10.0 Å². The first-order valence-corrected chi connectivity index (χ1v) is 7.04. The van der Waals surface area contributed by atoms with Gasteiger partial charge in [-0.15, -0.1) is 0 Å². The Labute approximate surface area is 112 Å². The molecule has 0 atom stereocenters. The Balaban J connectivity index is 2.27. The van der Waals surface area contributed by atoms with Gasteiger partial charge in [0, 0.05) is 28.4 Å². The van der Waals surface area contributed by atoms with Crippen molar-refractivity contribution in [1.82, 2.24) is 15.0 Å². The maximum absolute atomic E-state index is 11.9. The summed E-state index contributed by atoms with van der Waals surface area (Å²) < 4.78 is 26.8. The molecule has 0 unspecified atom stereocenters. The smallest absolute Gasteiger partial charge is 0.263 e. The van der Waals surface area contributed by atoms with E-state index in [1.807, 2.05) is 22.6 Å². The molecule has 0 aliphatic carbocycles. The summed E-state index contributed by atoms with van der Waals surface area (Å²) in [7, 11) is -3.67. The highest BCUT2D eigenvalue weighted by atomic mass is 127. The van der Waals surface area contributed by atoms with Gasteiger partial charge in [-0.05, 0) is 34.7 Å². The second-order valence-electron chi connectivity index (χ2n) is 3.02. The molecule has 0 aliphatic heterocycles. The van der Waals surface area contributed by atoms with Gasteiger partial charge in [-0.25, -0.2) is 23.1 Å². The van der Waals surface area contributed by atoms with Crippen LogP contribution in [0, 0.1) is 3.57 Å². The van der Waals surface area contributed by atoms with Crippen LogP contribution in [0.5, 0.6) is 0 Å². The van der Waals surface area contributed by atoms with E-state index >= 15 is 0 Å². The third-order valence-corrected chi connectivity index (χ3v) is 3.66. The Bertz CT molecular complexity index is 601. The van der Waals surface area contributed by atoms with Gasteiger partial charge in [0.25, 0.3) is 10.0 Å². The molecule has 0 spiro atoms. The topological polar surface area (TPSA) is 84.8 Å². The molecular weight excluding hydrogens is 355 g/mol. The van der Waals surface area contributed by atoms with Crippen LogP contribution >= 0.6 is 22.6 Å². The quantitative estimate of drug-likeness (QED) is 0.832. The van der Waals surface area contributed by atoms with Crippen molar-refractivity contribution in [2.45, 2.75) is 4.90 Å². The van der Waals surface area contributed by atoms with E-state index in [4.69, 9.17) is 0 Å². The third-order valence-electron chi connectivity index (χ3n) is 1.79. The van der Waals surface area contributed by atoms with Crippen LogP contribution in [0.2, 0.25) is 0 Å². The fourth-order valence-electron chi connectivity index (χ4n) is 1.05. The molecular formula is C9H7IN4O2S. The van der Waals surface area contributed by atoms with Gasteiger partial charge in [-0.1, -0.05) is 0 Å². The zero-order chi connectivity index (χ0) is 12.3. The van der Waals surface area contributed by atoms with E-state index in [0.717, 1.165) is 3.57 Å². The molecule has 8 heteroatoms. The molecule has 0 saturated carbocycles. The SMILES string of the molecule is O=S(=O)(Nc1ncc(I)cn1)c1cccnc1. The largest absolute Gasteiger partial charge is 0.265 e. The van der Waals surface area contributed by atoms with Gasteiger partial charge in [0.1, 0.15) is 4.90 Å². The number of nitrogens with one attached hydrogen (secondary N) is 1. The van der Waals surface area contributed by atoms with Crippen molar-refractivity contribution in [1.29, 1.82) is 0 Å². The van der Waals surface area contributed by atoms with Crippen LogP contribution in [0.3, 0.4) is 0 Å². The number of halogens is 1. The molecule has 0 amide bonds. The zero-order valence-electron chi connectivity index (χ0n) is 8.41. The van der Waals surface area contributed by atoms with Crippen LogP contribution < -0.4 is 4.72 Å². The lowest BCUT2D eigenvalue weighted by atomic mass is 10.5. The molecule has 88 valence electrons. The molecule has 2 aromatic heterocycles. The van der Waals surface area contributed by atoms with Gasteiger partial charge in [-0.2, -0.15) is 0 Å². The molecule has 6 nitrogen and oxygen atoms in total. The summed E-state index contributed by atoms with van der Waals surface area (Å²) in [6.45, 7) is 0. The first kappa shape index (κ1) is 12.2. The van der Waals surface area contributed by atoms with Crippen LogP contribution in [0.1, 0.15) is 0 Å². The van der Waals surface area contributed by atoms with E-state index in [0.29, 0.717) is 0 Å². The van der Waals surface area contributed by atoms with Gasteiger partial charge < -0.3 is 0 Å². The molecule has 0 aliphatic rings. The number of hydrogen-bond donors (Lipinski definition) is 1. The Morgan fingerprint density at radius 2 is 1.88 bits per heavy atom. The second-order valence-corrected chi connectivity index (χ2v) is 5.95. The molecule has 2 rings (SSSR count). The van der Waals surface area contributed by atoms with Crippen LogP contribution in [0.15, 0.2) is 41.8 Å². The first-order valence-electron chi connectivity index (χ1n) is 4.48. The minimum atomic E-state index is -3.67. The second kappa shape index (κ2) is 4.92. The maximum Gasteiger partial charge on any atom is 0.265 e. The van der Waals surface area contributed by atoms with Gasteiger partial charge in [-0.3, -0.25) is 4.98 Å². The summed E-state index contributed by atoms with van der Waals surface area (Å²) in [5, 5.41) is 0. The summed E-state index contributed by atoms with van der Waals surface area (Å²) in [6, 6.07) is 2.99. The maximum atomic E-state index is 11.9. The monoisotopic (exact) mass is 362 g/mol. The number of sulfonamides is 1. The van der Waals surface area contributed by atoms with Crippen molar-refractivity contribution >= 4 is 38.6 Å². The van der Waals surface area contributed by atoms with E-state index in [2.05, 4.69) is 19.7 Å². The van der Waals surface area contributed by atoms with Crippen molar-refractivity contribution in [2.75, 3.05) is 4.72 Å². The summed E-state index contributed by atoms with van der Waals surface area (Å²) in [5.41, 5.74) is 0. The van der Waals surface area contributed by atoms with E-state index in [9.17, 15) is 8.42 Å². The normalized spacial score (nSPS) is 11.1. The lowest BCUT2D eigenvalue weighted by Crippen LogP contribution is -2.15. The molecule has 0 saturated heterocycles. The molecule has 0 aromatic carbocycles. The standard InChI is InChI=1S/C9H7IN4O2S/c10-7-4-12-9(13-5-7)14-17(15,16)8-2-1-3-11-6-8/h1-6H,(H,12,13,14). The van der Waals surface area contributed by atoms with E-state index in [1.165, 1.54) is 30.9 Å². The Morgan fingerprint density at radius 3 is 2.47 bits per heavy atom. The van der Waals surface area contributed by atoms with E-state index in [1.54, 1.807) is 6.07 Å². The average molecular weight is 362 g/mol. The van der Waals surface area contributed by atoms with Gasteiger partial charge in [0.05, 0.1) is 0 Å². The molecule has 17 heavy (non-hydrogen) atoms. The highest BCUT2D eigenvalue weighted by Crippen LogP contribution is 2.11. The van der Waals surface area contributed by atoms with Crippen molar-refractivity contribution in [3.8, 4) is 0 Å². The fourth-order valence-corrected chi connectivity index (χ4v) is 2.25. The van der Waals surface area contributed by atoms with Crippen LogP contribution in [0.4, 0.5) is 5.95 Å². The number of nitrogens with zero attached hydrogens (tertiary/aromatic N) is 3. The summed E-state index contributed by atoms with van der Waals surface area (Å²) >= 11 is 2.03. The highest BCUT2D eigenvalue weighted by molar-refractivity contribution is 14.1. The van der Waals surface area contributed by atoms with Crippen LogP contribution in [0.25, 0.3) is 0 Å². The predicted molar refractivity (Wildman–Crippen MR) is 69.8 cm³/mol. The summed E-state index contributed by atoms with van der Waals surface area (Å²) in [4.78, 5) is 11.5. The van der Waals surface area contributed by atoms with Crippen molar-refractivity contribution in [2.24, 2.45) is 0 Å². The highest BCUT2D eigenvalue weighted by Gasteiger charge is 2.15. The van der Waals surface area contributed by atoms with Gasteiger partial charge in [0.15, 0.2) is 0 Å². The van der Waals surface area contributed by atoms with Gasteiger partial charge >= 0.3 is 0 Å². The fraction of sp³-hybridized carbons (Fsp3) is 0. The lowest BCUT2D eigenvalue weighted by Gasteiger charge is -2.05. The van der Waals surface area contributed by atoms with Crippen molar-refractivity contribution in [3.63, 3.8) is 0 Å². The number of rotatable bonds is 3. The molecule has 1 N–H and O–H groups in total. The average Bonchev–Trinajstić information content (AvgIpc) is 2.33. The number of pyridine rings is 1. The first-order chi connectivity index (χ1) is 8.08. The number of hydrogen-bond acceptors (Lipinski definition) is 5. The van der Waals surface area contributed by atoms with Crippen molar-refractivity contribution < 1.29 is 8.42 Å². The molecule has 2 aromatic rings. The molecule has 2 heterocycles. The molecule has 0 bridgehead atoms. The Hall–Kier alpha value is -1.29. The van der Waals surface area contributed by atoms with Crippen LogP contribution in [-0.2, 0) is 10.0 Å². The third kappa shape index (κ3) is 3.09. The van der Waals surface area contributed by atoms with Crippen LogP contribution in [-0.4, -0.2) is 23.4 Å². The number of anilines is 1. The predicted octanol–water partition coefficient (Wildman–Crippen LogP) is 1.28.